The lowest BCUT2D eigenvalue weighted by Crippen LogP contribution is -2.36. The van der Waals surface area contributed by atoms with Gasteiger partial charge in [0.15, 0.2) is 0 Å². The molecule has 4 heterocycles. The van der Waals surface area contributed by atoms with Crippen molar-refractivity contribution in [2.45, 2.75) is 39.5 Å². The van der Waals surface area contributed by atoms with E-state index < -0.39 is 5.41 Å². The maximum absolute atomic E-state index is 11.8. The third kappa shape index (κ3) is 4.75. The summed E-state index contributed by atoms with van der Waals surface area (Å²) in [4.78, 5) is 38.2. The Kier molecular flexibility index (Phi) is 8.53. The van der Waals surface area contributed by atoms with Crippen LogP contribution in [0.1, 0.15) is 39.5 Å². The number of amides is 3. The van der Waals surface area contributed by atoms with Crippen molar-refractivity contribution in [3.63, 3.8) is 0 Å². The Morgan fingerprint density at radius 3 is 2.19 bits per heavy atom. The molecule has 4 aliphatic heterocycles. The summed E-state index contributed by atoms with van der Waals surface area (Å²) < 4.78 is 0. The SMILES string of the molecule is CCN1C(=O)CC2(CNC(=O)C2)C1=O.CCN1CCC2(CCNC2)C1.Cl.Cl. The van der Waals surface area contributed by atoms with Gasteiger partial charge in [0, 0.05) is 39.0 Å². The molecule has 4 fully saturated rings. The van der Waals surface area contributed by atoms with Crippen molar-refractivity contribution >= 4 is 42.5 Å². The summed E-state index contributed by atoms with van der Waals surface area (Å²) >= 11 is 0. The molecule has 0 aliphatic carbocycles. The number of likely N-dealkylation sites (tertiary alicyclic amines) is 2. The van der Waals surface area contributed by atoms with Crippen LogP contribution in [0.15, 0.2) is 0 Å². The molecule has 3 amide bonds. The number of hydrogen-bond donors (Lipinski definition) is 2. The van der Waals surface area contributed by atoms with Crippen molar-refractivity contribution in [3.05, 3.63) is 0 Å². The first-order valence-corrected chi connectivity index (χ1v) is 9.48. The van der Waals surface area contributed by atoms with Crippen molar-refractivity contribution in [2.24, 2.45) is 10.8 Å². The highest BCUT2D eigenvalue weighted by Crippen LogP contribution is 2.38. The lowest BCUT2D eigenvalue weighted by atomic mass is 9.85. The number of hydrogen-bond acceptors (Lipinski definition) is 5. The van der Waals surface area contributed by atoms with E-state index in [1.807, 2.05) is 0 Å². The highest BCUT2D eigenvalue weighted by Gasteiger charge is 2.54. The zero-order chi connectivity index (χ0) is 18.1. The highest BCUT2D eigenvalue weighted by molar-refractivity contribution is 6.08. The van der Waals surface area contributed by atoms with E-state index in [1.54, 1.807) is 6.92 Å². The Morgan fingerprint density at radius 2 is 1.74 bits per heavy atom. The smallest absolute Gasteiger partial charge is 0.238 e. The summed E-state index contributed by atoms with van der Waals surface area (Å²) in [5.74, 6) is -0.485. The van der Waals surface area contributed by atoms with Crippen LogP contribution in [0.25, 0.3) is 0 Å². The minimum absolute atomic E-state index is 0. The fourth-order valence-electron chi connectivity index (χ4n) is 4.60. The number of halogens is 2. The lowest BCUT2D eigenvalue weighted by Gasteiger charge is -2.21. The van der Waals surface area contributed by atoms with Crippen LogP contribution in [0.5, 0.6) is 0 Å². The van der Waals surface area contributed by atoms with E-state index in [-0.39, 0.29) is 55.4 Å². The Morgan fingerprint density at radius 1 is 1.00 bits per heavy atom. The van der Waals surface area contributed by atoms with Crippen LogP contribution in [-0.4, -0.2) is 73.3 Å². The molecule has 27 heavy (non-hydrogen) atoms. The van der Waals surface area contributed by atoms with Gasteiger partial charge < -0.3 is 15.5 Å². The van der Waals surface area contributed by atoms with Gasteiger partial charge in [-0.25, -0.2) is 0 Å². The minimum atomic E-state index is -0.760. The van der Waals surface area contributed by atoms with Gasteiger partial charge in [0.1, 0.15) is 0 Å². The Hall–Kier alpha value is -0.890. The van der Waals surface area contributed by atoms with Crippen molar-refractivity contribution in [3.8, 4) is 0 Å². The number of nitrogens with zero attached hydrogens (tertiary/aromatic N) is 2. The Labute approximate surface area is 173 Å². The topological polar surface area (TPSA) is 81.8 Å². The molecule has 2 unspecified atom stereocenters. The van der Waals surface area contributed by atoms with E-state index >= 15 is 0 Å². The second kappa shape index (κ2) is 9.54. The molecule has 0 aromatic carbocycles. The predicted octanol–water partition coefficient (Wildman–Crippen LogP) is 0.807. The third-order valence-corrected chi connectivity index (χ3v) is 6.23. The normalized spacial score (nSPS) is 32.4. The van der Waals surface area contributed by atoms with E-state index in [9.17, 15) is 14.4 Å². The molecule has 0 aromatic rings. The first kappa shape index (κ1) is 24.1. The molecule has 156 valence electrons. The zero-order valence-electron chi connectivity index (χ0n) is 16.2. The van der Waals surface area contributed by atoms with E-state index in [0.29, 0.717) is 18.5 Å². The Bertz CT molecular complexity index is 569. The number of carbonyl (C=O) groups excluding carboxylic acids is 3. The molecule has 0 aromatic heterocycles. The number of imide groups is 1. The standard InChI is InChI=1S/C9H12N2O3.C9H18N2.2ClH/c1-2-11-7(13)4-9(8(11)14)3-6(12)10-5-9;1-2-11-6-4-9(8-11)3-5-10-7-9;;/h2-5H2,1H3,(H,10,12);10H,2-8H2,1H3;2*1H. The first-order valence-electron chi connectivity index (χ1n) is 9.48. The van der Waals surface area contributed by atoms with Crippen molar-refractivity contribution in [2.75, 3.05) is 45.8 Å². The van der Waals surface area contributed by atoms with Gasteiger partial charge in [-0.15, -0.1) is 24.8 Å². The van der Waals surface area contributed by atoms with Gasteiger partial charge in [0.2, 0.25) is 17.7 Å². The summed E-state index contributed by atoms with van der Waals surface area (Å²) in [7, 11) is 0. The van der Waals surface area contributed by atoms with Gasteiger partial charge in [0.05, 0.1) is 5.41 Å². The van der Waals surface area contributed by atoms with Crippen LogP contribution in [0.4, 0.5) is 0 Å². The van der Waals surface area contributed by atoms with Crippen LogP contribution < -0.4 is 10.6 Å². The van der Waals surface area contributed by atoms with Gasteiger partial charge in [-0.2, -0.15) is 0 Å². The fourth-order valence-corrected chi connectivity index (χ4v) is 4.60. The molecule has 0 radical (unpaired) electrons. The molecule has 2 N–H and O–H groups in total. The van der Waals surface area contributed by atoms with Crippen molar-refractivity contribution in [1.29, 1.82) is 0 Å². The van der Waals surface area contributed by atoms with Crippen LogP contribution in [0.2, 0.25) is 0 Å². The fraction of sp³-hybridized carbons (Fsp3) is 0.833. The van der Waals surface area contributed by atoms with Crippen LogP contribution in [-0.2, 0) is 14.4 Å². The number of rotatable bonds is 2. The molecular weight excluding hydrogens is 391 g/mol. The first-order chi connectivity index (χ1) is 11.9. The second-order valence-corrected chi connectivity index (χ2v) is 7.90. The highest BCUT2D eigenvalue weighted by atomic mass is 35.5. The Balaban J connectivity index is 0.000000257. The molecule has 4 rings (SSSR count). The number of carbonyl (C=O) groups is 3. The number of nitrogens with one attached hydrogen (secondary N) is 2. The van der Waals surface area contributed by atoms with Crippen LogP contribution in [0, 0.1) is 10.8 Å². The average Bonchev–Trinajstić information content (AvgIpc) is 3.34. The molecule has 2 atom stereocenters. The van der Waals surface area contributed by atoms with E-state index in [0.717, 1.165) is 0 Å². The van der Waals surface area contributed by atoms with Gasteiger partial charge in [-0.3, -0.25) is 19.3 Å². The van der Waals surface area contributed by atoms with E-state index in [4.69, 9.17) is 0 Å². The molecule has 7 nitrogen and oxygen atoms in total. The third-order valence-electron chi connectivity index (χ3n) is 6.23. The summed E-state index contributed by atoms with van der Waals surface area (Å²) in [5.41, 5.74) is -0.0831. The largest absolute Gasteiger partial charge is 0.355 e. The van der Waals surface area contributed by atoms with Gasteiger partial charge in [0.25, 0.3) is 0 Å². The zero-order valence-corrected chi connectivity index (χ0v) is 17.8. The van der Waals surface area contributed by atoms with Gasteiger partial charge in [-0.1, -0.05) is 6.92 Å². The van der Waals surface area contributed by atoms with E-state index in [2.05, 4.69) is 22.5 Å². The quantitative estimate of drug-likeness (QED) is 0.643. The van der Waals surface area contributed by atoms with Crippen molar-refractivity contribution < 1.29 is 14.4 Å². The summed E-state index contributed by atoms with van der Waals surface area (Å²) in [6.07, 6.45) is 3.17. The molecule has 2 spiro atoms. The monoisotopic (exact) mass is 422 g/mol. The summed E-state index contributed by atoms with van der Waals surface area (Å²) in [6.45, 7) is 11.2. The molecular formula is C18H32Cl2N4O3. The molecule has 4 aliphatic rings. The molecule has 9 heteroatoms. The summed E-state index contributed by atoms with van der Waals surface area (Å²) in [5, 5.41) is 6.08. The predicted molar refractivity (Wildman–Crippen MR) is 108 cm³/mol. The average molecular weight is 423 g/mol. The summed E-state index contributed by atoms with van der Waals surface area (Å²) in [6, 6.07) is 0. The maximum Gasteiger partial charge on any atom is 0.238 e. The van der Waals surface area contributed by atoms with Crippen molar-refractivity contribution in [1.82, 2.24) is 20.4 Å². The van der Waals surface area contributed by atoms with Gasteiger partial charge >= 0.3 is 0 Å². The van der Waals surface area contributed by atoms with E-state index in [1.165, 1.54) is 50.5 Å². The van der Waals surface area contributed by atoms with Crippen LogP contribution in [0.3, 0.4) is 0 Å². The maximum atomic E-state index is 11.8. The minimum Gasteiger partial charge on any atom is -0.355 e. The second-order valence-electron chi connectivity index (χ2n) is 7.90. The van der Waals surface area contributed by atoms with Gasteiger partial charge in [-0.05, 0) is 44.8 Å². The lowest BCUT2D eigenvalue weighted by molar-refractivity contribution is -0.141. The molecule has 4 saturated heterocycles. The molecule has 0 saturated carbocycles. The van der Waals surface area contributed by atoms with Crippen LogP contribution >= 0.6 is 24.8 Å². The molecule has 0 bridgehead atoms.